The van der Waals surface area contributed by atoms with Crippen LogP contribution in [0.25, 0.3) is 0 Å². The van der Waals surface area contributed by atoms with E-state index in [-0.39, 0.29) is 6.10 Å². The Morgan fingerprint density at radius 3 is 2.76 bits per heavy atom. The highest BCUT2D eigenvalue weighted by atomic mass is 79.9. The Morgan fingerprint density at radius 1 is 1.24 bits per heavy atom. The minimum absolute atomic E-state index is 0.155. The molecule has 0 aromatic heterocycles. The number of hydrogen-bond donors (Lipinski definition) is 1. The lowest BCUT2D eigenvalue weighted by Crippen LogP contribution is -2.19. The molecular weight excluding hydrogens is 332 g/mol. The van der Waals surface area contributed by atoms with E-state index in [1.807, 2.05) is 43.3 Å². The molecule has 3 rings (SSSR count). The van der Waals surface area contributed by atoms with Crippen molar-refractivity contribution in [2.45, 2.75) is 25.6 Å². The molecule has 0 fully saturated rings. The molecule has 0 radical (unpaired) electrons. The normalized spacial score (nSPS) is 20.6. The standard InChI is InChI=1S/C17H17BrO3/c1-10-3-5-15-12(7-10)14(19)9-17(21-15)11-4-6-16(20-2)13(18)8-11/h3-8,14,17,19H,9H2,1-2H3/t14-,17?/m0/s1. The topological polar surface area (TPSA) is 38.7 Å². The third-order valence-corrected chi connectivity index (χ3v) is 4.40. The van der Waals surface area contributed by atoms with Crippen LogP contribution in [0.15, 0.2) is 40.9 Å². The van der Waals surface area contributed by atoms with Crippen LogP contribution in [-0.4, -0.2) is 12.2 Å². The van der Waals surface area contributed by atoms with Crippen molar-refractivity contribution in [1.82, 2.24) is 0 Å². The lowest BCUT2D eigenvalue weighted by atomic mass is 9.94. The minimum atomic E-state index is -0.500. The Kier molecular flexibility index (Phi) is 3.91. The summed E-state index contributed by atoms with van der Waals surface area (Å²) in [7, 11) is 1.64. The maximum absolute atomic E-state index is 10.4. The van der Waals surface area contributed by atoms with Gasteiger partial charge in [-0.2, -0.15) is 0 Å². The summed E-state index contributed by atoms with van der Waals surface area (Å²) in [5.41, 5.74) is 3.02. The molecule has 1 heterocycles. The molecule has 1 unspecified atom stereocenters. The molecule has 1 aliphatic rings. The molecule has 0 saturated heterocycles. The fourth-order valence-corrected chi connectivity index (χ4v) is 3.21. The molecule has 3 nitrogen and oxygen atoms in total. The van der Waals surface area contributed by atoms with Crippen molar-refractivity contribution < 1.29 is 14.6 Å². The maximum atomic E-state index is 10.4. The second-order valence-electron chi connectivity index (χ2n) is 5.29. The van der Waals surface area contributed by atoms with Crippen molar-refractivity contribution in [2.24, 2.45) is 0 Å². The van der Waals surface area contributed by atoms with Gasteiger partial charge in [-0.25, -0.2) is 0 Å². The Bertz CT molecular complexity index is 669. The van der Waals surface area contributed by atoms with Crippen LogP contribution in [0.3, 0.4) is 0 Å². The molecule has 0 saturated carbocycles. The number of methoxy groups -OCH3 is 1. The maximum Gasteiger partial charge on any atom is 0.133 e. The van der Waals surface area contributed by atoms with Crippen LogP contribution in [-0.2, 0) is 0 Å². The van der Waals surface area contributed by atoms with E-state index in [1.54, 1.807) is 7.11 Å². The van der Waals surface area contributed by atoms with Crippen molar-refractivity contribution >= 4 is 15.9 Å². The zero-order valence-electron chi connectivity index (χ0n) is 12.0. The molecule has 110 valence electrons. The Balaban J connectivity index is 1.92. The largest absolute Gasteiger partial charge is 0.496 e. The fourth-order valence-electron chi connectivity index (χ4n) is 2.65. The highest BCUT2D eigenvalue weighted by Crippen LogP contribution is 2.42. The quantitative estimate of drug-likeness (QED) is 0.877. The van der Waals surface area contributed by atoms with Gasteiger partial charge in [0.25, 0.3) is 0 Å². The van der Waals surface area contributed by atoms with Gasteiger partial charge < -0.3 is 14.6 Å². The fraction of sp³-hybridized carbons (Fsp3) is 0.294. The number of fused-ring (bicyclic) bond motifs is 1. The van der Waals surface area contributed by atoms with E-state index < -0.39 is 6.10 Å². The first-order valence-electron chi connectivity index (χ1n) is 6.87. The first-order valence-corrected chi connectivity index (χ1v) is 7.66. The van der Waals surface area contributed by atoms with E-state index in [0.29, 0.717) is 6.42 Å². The van der Waals surface area contributed by atoms with Crippen molar-refractivity contribution in [3.63, 3.8) is 0 Å². The van der Waals surface area contributed by atoms with E-state index in [9.17, 15) is 5.11 Å². The van der Waals surface area contributed by atoms with Gasteiger partial charge in [0.2, 0.25) is 0 Å². The van der Waals surface area contributed by atoms with Crippen LogP contribution >= 0.6 is 15.9 Å². The Labute approximate surface area is 132 Å². The van der Waals surface area contributed by atoms with E-state index in [2.05, 4.69) is 15.9 Å². The van der Waals surface area contributed by atoms with Gasteiger partial charge in [0, 0.05) is 12.0 Å². The van der Waals surface area contributed by atoms with Crippen molar-refractivity contribution in [3.8, 4) is 11.5 Å². The molecule has 2 aromatic rings. The Hall–Kier alpha value is -1.52. The Morgan fingerprint density at radius 2 is 2.05 bits per heavy atom. The molecule has 1 N–H and O–H groups in total. The first kappa shape index (κ1) is 14.4. The minimum Gasteiger partial charge on any atom is -0.496 e. The summed E-state index contributed by atoms with van der Waals surface area (Å²) >= 11 is 3.49. The molecule has 0 spiro atoms. The van der Waals surface area contributed by atoms with E-state index in [0.717, 1.165) is 32.7 Å². The van der Waals surface area contributed by atoms with Crippen LogP contribution in [0.5, 0.6) is 11.5 Å². The number of aryl methyl sites for hydroxylation is 1. The van der Waals surface area contributed by atoms with Crippen LogP contribution in [0.2, 0.25) is 0 Å². The average molecular weight is 349 g/mol. The molecular formula is C17H17BrO3. The van der Waals surface area contributed by atoms with Gasteiger partial charge in [0.15, 0.2) is 0 Å². The number of ether oxygens (including phenoxy) is 2. The van der Waals surface area contributed by atoms with E-state index >= 15 is 0 Å². The van der Waals surface area contributed by atoms with Crippen LogP contribution in [0.4, 0.5) is 0 Å². The SMILES string of the molecule is COc1ccc(C2C[C@H](O)c3cc(C)ccc3O2)cc1Br. The molecule has 2 aromatic carbocycles. The highest BCUT2D eigenvalue weighted by molar-refractivity contribution is 9.10. The summed E-state index contributed by atoms with van der Waals surface area (Å²) in [5, 5.41) is 10.4. The second-order valence-corrected chi connectivity index (χ2v) is 6.15. The van der Waals surface area contributed by atoms with Crippen LogP contribution in [0.1, 0.15) is 35.3 Å². The van der Waals surface area contributed by atoms with Gasteiger partial charge in [-0.3, -0.25) is 0 Å². The summed E-state index contributed by atoms with van der Waals surface area (Å²) in [6, 6.07) is 11.8. The monoisotopic (exact) mass is 348 g/mol. The zero-order chi connectivity index (χ0) is 15.0. The predicted octanol–water partition coefficient (Wildman–Crippen LogP) is 4.32. The van der Waals surface area contributed by atoms with Gasteiger partial charge in [-0.05, 0) is 52.7 Å². The summed E-state index contributed by atoms with van der Waals surface area (Å²) in [6.45, 7) is 2.01. The number of benzene rings is 2. The average Bonchev–Trinajstić information content (AvgIpc) is 2.47. The van der Waals surface area contributed by atoms with Gasteiger partial charge in [0.1, 0.15) is 17.6 Å². The molecule has 0 bridgehead atoms. The summed E-state index contributed by atoms with van der Waals surface area (Å²) in [4.78, 5) is 0. The van der Waals surface area contributed by atoms with Gasteiger partial charge in [-0.15, -0.1) is 0 Å². The van der Waals surface area contributed by atoms with Crippen LogP contribution in [0, 0.1) is 6.92 Å². The third kappa shape index (κ3) is 2.78. The number of aliphatic hydroxyl groups is 1. The van der Waals surface area contributed by atoms with Crippen LogP contribution < -0.4 is 9.47 Å². The van der Waals surface area contributed by atoms with E-state index in [1.165, 1.54) is 0 Å². The van der Waals surface area contributed by atoms with Gasteiger partial charge in [-0.1, -0.05) is 17.7 Å². The first-order chi connectivity index (χ1) is 10.1. The molecule has 1 aliphatic heterocycles. The number of aliphatic hydroxyl groups excluding tert-OH is 1. The second kappa shape index (κ2) is 5.70. The van der Waals surface area contributed by atoms with Crippen molar-refractivity contribution in [2.75, 3.05) is 7.11 Å². The third-order valence-electron chi connectivity index (χ3n) is 3.78. The lowest BCUT2D eigenvalue weighted by Gasteiger charge is -2.30. The van der Waals surface area contributed by atoms with Crippen molar-refractivity contribution in [1.29, 1.82) is 0 Å². The molecule has 0 aliphatic carbocycles. The van der Waals surface area contributed by atoms with Gasteiger partial charge in [0.05, 0.1) is 17.7 Å². The molecule has 2 atom stereocenters. The summed E-state index contributed by atoms with van der Waals surface area (Å²) < 4.78 is 12.2. The summed E-state index contributed by atoms with van der Waals surface area (Å²) in [5.74, 6) is 1.54. The smallest absolute Gasteiger partial charge is 0.133 e. The van der Waals surface area contributed by atoms with Gasteiger partial charge >= 0.3 is 0 Å². The number of hydrogen-bond acceptors (Lipinski definition) is 3. The predicted molar refractivity (Wildman–Crippen MR) is 84.8 cm³/mol. The number of halogens is 1. The lowest BCUT2D eigenvalue weighted by molar-refractivity contribution is 0.0656. The number of rotatable bonds is 2. The van der Waals surface area contributed by atoms with E-state index in [4.69, 9.17) is 9.47 Å². The molecule has 21 heavy (non-hydrogen) atoms. The summed E-state index contributed by atoms with van der Waals surface area (Å²) in [6.07, 6.45) is -0.105. The highest BCUT2D eigenvalue weighted by Gasteiger charge is 2.28. The molecule has 4 heteroatoms. The zero-order valence-corrected chi connectivity index (χ0v) is 13.6. The van der Waals surface area contributed by atoms with Crippen molar-refractivity contribution in [3.05, 3.63) is 57.6 Å². The molecule has 0 amide bonds.